The lowest BCUT2D eigenvalue weighted by Gasteiger charge is -2.07. The Labute approximate surface area is 177 Å². The molecule has 4 heterocycles. The van der Waals surface area contributed by atoms with E-state index in [9.17, 15) is 4.79 Å². The molecule has 0 bridgehead atoms. The number of nitrogens with two attached hydrogens (primary N) is 1. The number of pyridine rings is 1. The SMILES string of the molecule is Nc1ccc(-c2c[n+]3c(c(-c4ccnc(Cl)c4)n2)NC(Cc2ccco2)C3=O)cc1. The van der Waals surface area contributed by atoms with Gasteiger partial charge in [0.05, 0.1) is 12.7 Å². The lowest BCUT2D eigenvalue weighted by molar-refractivity contribution is -0.551. The molecular weight excluding hydrogens is 402 g/mol. The van der Waals surface area contributed by atoms with Gasteiger partial charge in [-0.2, -0.15) is 4.57 Å². The van der Waals surface area contributed by atoms with Crippen molar-refractivity contribution in [3.05, 3.63) is 78.1 Å². The van der Waals surface area contributed by atoms with Gasteiger partial charge in [-0.25, -0.2) is 14.8 Å². The van der Waals surface area contributed by atoms with Gasteiger partial charge in [0.25, 0.3) is 0 Å². The van der Waals surface area contributed by atoms with Gasteiger partial charge in [-0.3, -0.25) is 5.32 Å². The molecule has 8 heteroatoms. The highest BCUT2D eigenvalue weighted by Crippen LogP contribution is 2.31. The topological polar surface area (TPSA) is 97.9 Å². The predicted molar refractivity (Wildman–Crippen MR) is 113 cm³/mol. The molecule has 7 nitrogen and oxygen atoms in total. The fourth-order valence-corrected chi connectivity index (χ4v) is 3.70. The average molecular weight is 419 g/mol. The third-order valence-electron chi connectivity index (χ3n) is 4.99. The first-order valence-electron chi connectivity index (χ1n) is 9.36. The van der Waals surface area contributed by atoms with Gasteiger partial charge in [-0.1, -0.05) is 23.7 Å². The molecule has 3 N–H and O–H groups in total. The molecule has 1 aliphatic rings. The summed E-state index contributed by atoms with van der Waals surface area (Å²) < 4.78 is 7.03. The number of nitrogens with zero attached hydrogens (tertiary/aromatic N) is 3. The van der Waals surface area contributed by atoms with Crippen molar-refractivity contribution in [2.24, 2.45) is 0 Å². The van der Waals surface area contributed by atoms with Crippen molar-refractivity contribution in [3.8, 4) is 22.5 Å². The van der Waals surface area contributed by atoms with Crippen LogP contribution in [0.3, 0.4) is 0 Å². The monoisotopic (exact) mass is 418 g/mol. The van der Waals surface area contributed by atoms with E-state index in [2.05, 4.69) is 10.3 Å². The minimum Gasteiger partial charge on any atom is -0.469 e. The van der Waals surface area contributed by atoms with Crippen molar-refractivity contribution in [1.29, 1.82) is 0 Å². The van der Waals surface area contributed by atoms with Crippen molar-refractivity contribution in [2.75, 3.05) is 11.1 Å². The largest absolute Gasteiger partial charge is 0.469 e. The Morgan fingerprint density at radius 1 is 1.17 bits per heavy atom. The summed E-state index contributed by atoms with van der Waals surface area (Å²) >= 11 is 6.11. The van der Waals surface area contributed by atoms with Crippen LogP contribution < -0.4 is 15.6 Å². The minimum absolute atomic E-state index is 0.0816. The lowest BCUT2D eigenvalue weighted by atomic mass is 10.1. The number of anilines is 2. The van der Waals surface area contributed by atoms with Gasteiger partial charge >= 0.3 is 11.7 Å². The summed E-state index contributed by atoms with van der Waals surface area (Å²) in [5, 5.41) is 3.65. The minimum atomic E-state index is -0.462. The summed E-state index contributed by atoms with van der Waals surface area (Å²) in [6.45, 7) is 0. The van der Waals surface area contributed by atoms with E-state index in [1.807, 2.05) is 24.3 Å². The van der Waals surface area contributed by atoms with Crippen LogP contribution in [0.1, 0.15) is 10.6 Å². The first-order valence-corrected chi connectivity index (χ1v) is 9.74. The number of carbonyl (C=O) groups excluding carboxylic acids is 1. The van der Waals surface area contributed by atoms with Crippen LogP contribution in [-0.2, 0) is 6.42 Å². The number of benzene rings is 1. The van der Waals surface area contributed by atoms with E-state index >= 15 is 0 Å². The molecule has 0 saturated carbocycles. The average Bonchev–Trinajstić information content (AvgIpc) is 3.37. The molecule has 0 radical (unpaired) electrons. The molecule has 0 fully saturated rings. The van der Waals surface area contributed by atoms with Gasteiger partial charge in [0, 0.05) is 23.0 Å². The number of carbonyl (C=O) groups is 1. The van der Waals surface area contributed by atoms with Gasteiger partial charge in [-0.05, 0) is 36.4 Å². The number of hydrogen-bond donors (Lipinski definition) is 2. The highest BCUT2D eigenvalue weighted by atomic mass is 35.5. The van der Waals surface area contributed by atoms with Crippen LogP contribution in [0.2, 0.25) is 5.15 Å². The van der Waals surface area contributed by atoms with E-state index in [0.29, 0.717) is 34.5 Å². The predicted octanol–water partition coefficient (Wildman–Crippen LogP) is 3.60. The second-order valence-corrected chi connectivity index (χ2v) is 7.39. The van der Waals surface area contributed by atoms with Gasteiger partial charge in [0.1, 0.15) is 22.8 Å². The molecule has 0 aliphatic carbocycles. The highest BCUT2D eigenvalue weighted by Gasteiger charge is 2.42. The van der Waals surface area contributed by atoms with Crippen molar-refractivity contribution in [3.63, 3.8) is 0 Å². The quantitative estimate of drug-likeness (QED) is 0.298. The fourth-order valence-electron chi connectivity index (χ4n) is 3.52. The first kappa shape index (κ1) is 18.3. The molecule has 30 heavy (non-hydrogen) atoms. The van der Waals surface area contributed by atoms with Crippen LogP contribution in [0.4, 0.5) is 11.5 Å². The molecule has 3 aromatic heterocycles. The van der Waals surface area contributed by atoms with Crippen molar-refractivity contribution < 1.29 is 13.8 Å². The lowest BCUT2D eigenvalue weighted by Crippen LogP contribution is -2.43. The van der Waals surface area contributed by atoms with Crippen LogP contribution in [0, 0.1) is 0 Å². The van der Waals surface area contributed by atoms with Crippen LogP contribution in [0.5, 0.6) is 0 Å². The van der Waals surface area contributed by atoms with E-state index in [1.54, 1.807) is 47.5 Å². The zero-order valence-electron chi connectivity index (χ0n) is 15.7. The van der Waals surface area contributed by atoms with Gasteiger partial charge in [0.15, 0.2) is 5.69 Å². The summed E-state index contributed by atoms with van der Waals surface area (Å²) in [6, 6.07) is 14.1. The number of rotatable bonds is 4. The van der Waals surface area contributed by atoms with Crippen LogP contribution >= 0.6 is 11.6 Å². The summed E-state index contributed by atoms with van der Waals surface area (Å²) in [5.74, 6) is 1.26. The summed E-state index contributed by atoms with van der Waals surface area (Å²) in [4.78, 5) is 22.1. The van der Waals surface area contributed by atoms with Gasteiger partial charge in [0.2, 0.25) is 6.04 Å². The maximum absolute atomic E-state index is 13.2. The molecule has 0 amide bonds. The Morgan fingerprint density at radius 3 is 2.73 bits per heavy atom. The Morgan fingerprint density at radius 2 is 2.00 bits per heavy atom. The van der Waals surface area contributed by atoms with E-state index in [1.165, 1.54) is 0 Å². The van der Waals surface area contributed by atoms with Crippen molar-refractivity contribution in [1.82, 2.24) is 9.97 Å². The second-order valence-electron chi connectivity index (χ2n) is 7.00. The number of nitrogen functional groups attached to an aromatic ring is 1. The molecule has 0 spiro atoms. The number of nitrogens with one attached hydrogen (secondary N) is 1. The molecule has 1 unspecified atom stereocenters. The number of furan rings is 1. The maximum Gasteiger partial charge on any atom is 0.359 e. The third-order valence-corrected chi connectivity index (χ3v) is 5.19. The first-order chi connectivity index (χ1) is 14.6. The fraction of sp³-hybridized carbons (Fsp3) is 0.0909. The van der Waals surface area contributed by atoms with Gasteiger partial charge < -0.3 is 10.2 Å². The number of fused-ring (bicyclic) bond motifs is 1. The number of halogens is 1. The van der Waals surface area contributed by atoms with Crippen molar-refractivity contribution >= 4 is 29.0 Å². The molecule has 1 aliphatic heterocycles. The molecule has 5 rings (SSSR count). The number of hydrogen-bond acceptors (Lipinski definition) is 6. The van der Waals surface area contributed by atoms with Crippen molar-refractivity contribution in [2.45, 2.75) is 12.5 Å². The van der Waals surface area contributed by atoms with Crippen LogP contribution in [0.15, 0.2) is 71.6 Å². The number of aromatic nitrogens is 3. The third kappa shape index (κ3) is 3.29. The Balaban J connectivity index is 1.64. The molecule has 1 aromatic carbocycles. The zero-order valence-corrected chi connectivity index (χ0v) is 16.5. The second kappa shape index (κ2) is 7.27. The van der Waals surface area contributed by atoms with Crippen LogP contribution in [0.25, 0.3) is 22.5 Å². The van der Waals surface area contributed by atoms with E-state index < -0.39 is 6.04 Å². The Hall–Kier alpha value is -3.71. The zero-order chi connectivity index (χ0) is 20.7. The van der Waals surface area contributed by atoms with Gasteiger partial charge in [-0.15, -0.1) is 0 Å². The summed E-state index contributed by atoms with van der Waals surface area (Å²) in [6.07, 6.45) is 5.38. The van der Waals surface area contributed by atoms with E-state index in [4.69, 9.17) is 26.7 Å². The van der Waals surface area contributed by atoms with E-state index in [-0.39, 0.29) is 5.91 Å². The van der Waals surface area contributed by atoms with E-state index in [0.717, 1.165) is 16.9 Å². The maximum atomic E-state index is 13.2. The smallest absolute Gasteiger partial charge is 0.359 e. The highest BCUT2D eigenvalue weighted by molar-refractivity contribution is 6.29. The standard InChI is InChI=1S/C22H16ClN5O2/c23-19-10-14(7-8-25-19)20-21-27-17(11-16-2-1-9-30-16)22(29)28(21)12-18(26-20)13-3-5-15(24)6-4-13/h1-10,12,17H,11,24H2/p+1. The molecule has 4 aromatic rings. The molecule has 1 atom stereocenters. The summed E-state index contributed by atoms with van der Waals surface area (Å²) in [7, 11) is 0. The Kier molecular flexibility index (Phi) is 4.44. The summed E-state index contributed by atoms with van der Waals surface area (Å²) in [5.41, 5.74) is 9.35. The van der Waals surface area contributed by atoms with Crippen LogP contribution in [-0.4, -0.2) is 21.9 Å². The molecule has 0 saturated heterocycles. The normalized spacial score (nSPS) is 15.1. The molecule has 148 valence electrons. The molecular formula is C22H17ClN5O2+. The Bertz CT molecular complexity index is 1240.